The number of hydrogen-bond acceptors (Lipinski definition) is 3. The summed E-state index contributed by atoms with van der Waals surface area (Å²) in [7, 11) is 0. The minimum atomic E-state index is -0.551. The first-order valence-corrected chi connectivity index (χ1v) is 14.2. The van der Waals surface area contributed by atoms with Crippen molar-refractivity contribution in [3.8, 4) is 0 Å². The van der Waals surface area contributed by atoms with Gasteiger partial charge in [0.05, 0.1) is 5.60 Å². The van der Waals surface area contributed by atoms with Crippen molar-refractivity contribution in [2.75, 3.05) is 5.33 Å². The summed E-state index contributed by atoms with van der Waals surface area (Å²) in [5.74, 6) is 1.99. The van der Waals surface area contributed by atoms with Crippen molar-refractivity contribution in [3.05, 3.63) is 35.5 Å². The summed E-state index contributed by atoms with van der Waals surface area (Å²) < 4.78 is 5.59. The van der Waals surface area contributed by atoms with Gasteiger partial charge in [-0.1, -0.05) is 72.5 Å². The summed E-state index contributed by atoms with van der Waals surface area (Å²) in [5.41, 5.74) is 3.91. The highest BCUT2D eigenvalue weighted by Crippen LogP contribution is 2.60. The molecule has 0 amide bonds. The molecule has 0 aromatic heterocycles. The number of allylic oxidation sites excluding steroid dienone is 4. The molecule has 186 valence electrons. The number of halogens is 1. The van der Waals surface area contributed by atoms with Crippen LogP contribution < -0.4 is 0 Å². The molecule has 4 heteroatoms. The van der Waals surface area contributed by atoms with Crippen LogP contribution in [-0.2, 0) is 9.53 Å². The number of carbonyl (C=O) groups excluding carboxylic acids is 1. The molecule has 3 nitrogen and oxygen atoms in total. The van der Waals surface area contributed by atoms with Crippen LogP contribution in [-0.4, -0.2) is 28.1 Å². The van der Waals surface area contributed by atoms with Gasteiger partial charge in [0.15, 0.2) is 0 Å². The molecule has 5 atom stereocenters. The molecular formula is C29H45BrO3. The third-order valence-corrected chi connectivity index (χ3v) is 9.21. The molecule has 0 saturated heterocycles. The minimum Gasteiger partial charge on any atom is -0.461 e. The molecule has 1 N–H and O–H groups in total. The molecule has 0 aliphatic heterocycles. The molecule has 3 fully saturated rings. The van der Waals surface area contributed by atoms with E-state index in [1.54, 1.807) is 5.57 Å². The predicted octanol–water partition coefficient (Wildman–Crippen LogP) is 7.68. The molecule has 3 aliphatic carbocycles. The lowest BCUT2D eigenvalue weighted by Crippen LogP contribution is -2.36. The standard InChI is InChI=1S/C29H45BrO3/c1-20-10-13-24(33-27(31)19-30)18-23(20)12-11-22-9-7-17-29(5)25(14-15-26(22)29)21(2)8-6-16-28(3,4)32/h11-12,21,24-26,32H,1,6-10,13-19H2,2-5H3/b22-11+,23-12-/t21?,24-,25+,26?,29+/m0/s1. The lowest BCUT2D eigenvalue weighted by molar-refractivity contribution is -0.146. The van der Waals surface area contributed by atoms with Crippen molar-refractivity contribution in [3.63, 3.8) is 0 Å². The highest BCUT2D eigenvalue weighted by atomic mass is 79.9. The van der Waals surface area contributed by atoms with Gasteiger partial charge in [0.25, 0.3) is 0 Å². The molecule has 0 bridgehead atoms. The molecular weight excluding hydrogens is 476 g/mol. The largest absolute Gasteiger partial charge is 0.461 e. The number of alkyl halides is 1. The smallest absolute Gasteiger partial charge is 0.316 e. The number of esters is 1. The van der Waals surface area contributed by atoms with Crippen molar-refractivity contribution >= 4 is 21.9 Å². The highest BCUT2D eigenvalue weighted by Gasteiger charge is 2.50. The van der Waals surface area contributed by atoms with Crippen LogP contribution in [0.5, 0.6) is 0 Å². The van der Waals surface area contributed by atoms with Crippen molar-refractivity contribution in [2.45, 2.75) is 110 Å². The van der Waals surface area contributed by atoms with E-state index in [2.05, 4.69) is 48.5 Å². The van der Waals surface area contributed by atoms with Gasteiger partial charge < -0.3 is 9.84 Å². The van der Waals surface area contributed by atoms with Gasteiger partial charge in [0, 0.05) is 6.42 Å². The zero-order chi connectivity index (χ0) is 24.2. The first-order chi connectivity index (χ1) is 15.5. The molecule has 0 radical (unpaired) electrons. The lowest BCUT2D eigenvalue weighted by Gasteiger charge is -2.44. The zero-order valence-electron chi connectivity index (χ0n) is 21.3. The Morgan fingerprint density at radius 1 is 1.30 bits per heavy atom. The SMILES string of the molecule is C=C1CC[C@H](OC(=O)CBr)C/C1=C/C=C1\CCC[C@@]2(C)C1CC[C@@H]2C(C)CCCC(C)(C)O. The van der Waals surface area contributed by atoms with E-state index in [0.29, 0.717) is 17.3 Å². The Morgan fingerprint density at radius 2 is 2.06 bits per heavy atom. The third kappa shape index (κ3) is 6.84. The Labute approximate surface area is 210 Å². The maximum Gasteiger partial charge on any atom is 0.316 e. The Morgan fingerprint density at radius 3 is 2.76 bits per heavy atom. The fraction of sp³-hybridized carbons (Fsp3) is 0.759. The summed E-state index contributed by atoms with van der Waals surface area (Å²) in [4.78, 5) is 11.7. The summed E-state index contributed by atoms with van der Waals surface area (Å²) >= 11 is 3.19. The Hall–Kier alpha value is -0.870. The number of aliphatic hydroxyl groups is 1. The number of ether oxygens (including phenoxy) is 1. The van der Waals surface area contributed by atoms with E-state index in [9.17, 15) is 9.90 Å². The van der Waals surface area contributed by atoms with Crippen LogP contribution in [0.4, 0.5) is 0 Å². The van der Waals surface area contributed by atoms with Gasteiger partial charge in [0.2, 0.25) is 0 Å². The Balaban J connectivity index is 1.67. The van der Waals surface area contributed by atoms with Crippen LogP contribution in [0.25, 0.3) is 0 Å². The van der Waals surface area contributed by atoms with E-state index in [1.807, 2.05) is 13.8 Å². The van der Waals surface area contributed by atoms with E-state index in [-0.39, 0.29) is 17.4 Å². The average molecular weight is 522 g/mol. The minimum absolute atomic E-state index is 0.0255. The van der Waals surface area contributed by atoms with Gasteiger partial charge in [-0.15, -0.1) is 0 Å². The molecule has 3 aliphatic rings. The van der Waals surface area contributed by atoms with Crippen LogP contribution in [0.15, 0.2) is 35.5 Å². The van der Waals surface area contributed by atoms with E-state index in [4.69, 9.17) is 4.74 Å². The fourth-order valence-electron chi connectivity index (χ4n) is 6.97. The number of hydrogen-bond donors (Lipinski definition) is 1. The maximum atomic E-state index is 11.7. The summed E-state index contributed by atoms with van der Waals surface area (Å²) in [6.07, 6.45) is 16.9. The summed E-state index contributed by atoms with van der Waals surface area (Å²) in [6, 6.07) is 0. The van der Waals surface area contributed by atoms with Crippen LogP contribution in [0.3, 0.4) is 0 Å². The van der Waals surface area contributed by atoms with E-state index in [0.717, 1.165) is 38.0 Å². The first-order valence-electron chi connectivity index (χ1n) is 13.1. The van der Waals surface area contributed by atoms with Gasteiger partial charge in [-0.2, -0.15) is 0 Å². The molecule has 2 unspecified atom stereocenters. The fourth-order valence-corrected chi connectivity index (χ4v) is 7.10. The van der Waals surface area contributed by atoms with Crippen molar-refractivity contribution in [2.24, 2.45) is 23.2 Å². The van der Waals surface area contributed by atoms with Gasteiger partial charge in [-0.3, -0.25) is 4.79 Å². The van der Waals surface area contributed by atoms with Crippen molar-refractivity contribution in [1.29, 1.82) is 0 Å². The van der Waals surface area contributed by atoms with Gasteiger partial charge in [0.1, 0.15) is 11.4 Å². The van der Waals surface area contributed by atoms with Crippen molar-refractivity contribution < 1.29 is 14.6 Å². The van der Waals surface area contributed by atoms with Crippen molar-refractivity contribution in [1.82, 2.24) is 0 Å². The van der Waals surface area contributed by atoms with Gasteiger partial charge in [-0.25, -0.2) is 0 Å². The molecule has 0 aromatic rings. The number of carbonyl (C=O) groups is 1. The molecule has 0 aromatic carbocycles. The second-order valence-corrected chi connectivity index (χ2v) is 12.4. The number of fused-ring (bicyclic) bond motifs is 1. The topological polar surface area (TPSA) is 46.5 Å². The monoisotopic (exact) mass is 520 g/mol. The summed E-state index contributed by atoms with van der Waals surface area (Å²) in [5, 5.41) is 10.3. The van der Waals surface area contributed by atoms with Gasteiger partial charge in [-0.05, 0) is 94.0 Å². The van der Waals surface area contributed by atoms with Gasteiger partial charge >= 0.3 is 5.97 Å². The first kappa shape index (κ1) is 26.7. The average Bonchev–Trinajstić information content (AvgIpc) is 3.10. The van der Waals surface area contributed by atoms with Crippen LogP contribution in [0.2, 0.25) is 0 Å². The molecule has 3 rings (SSSR count). The highest BCUT2D eigenvalue weighted by molar-refractivity contribution is 9.09. The second-order valence-electron chi connectivity index (χ2n) is 11.8. The van der Waals surface area contributed by atoms with Crippen LogP contribution >= 0.6 is 15.9 Å². The van der Waals surface area contributed by atoms with Crippen LogP contribution in [0.1, 0.15) is 98.3 Å². The maximum absolute atomic E-state index is 11.7. The quantitative estimate of drug-likeness (QED) is 0.263. The molecule has 3 saturated carbocycles. The predicted molar refractivity (Wildman–Crippen MR) is 140 cm³/mol. The number of rotatable bonds is 8. The van der Waals surface area contributed by atoms with E-state index >= 15 is 0 Å². The molecule has 33 heavy (non-hydrogen) atoms. The third-order valence-electron chi connectivity index (χ3n) is 8.75. The zero-order valence-corrected chi connectivity index (χ0v) is 22.9. The Bertz CT molecular complexity index is 774. The lowest BCUT2D eigenvalue weighted by atomic mass is 9.60. The van der Waals surface area contributed by atoms with E-state index in [1.165, 1.54) is 49.7 Å². The van der Waals surface area contributed by atoms with E-state index < -0.39 is 5.60 Å². The Kier molecular flexibility index (Phi) is 9.11. The normalized spacial score (nSPS) is 33.9. The molecule has 0 heterocycles. The molecule has 0 spiro atoms. The summed E-state index contributed by atoms with van der Waals surface area (Å²) in [6.45, 7) is 13.1. The second kappa shape index (κ2) is 11.2. The van der Waals surface area contributed by atoms with Crippen LogP contribution in [0, 0.1) is 23.2 Å².